The second-order valence-corrected chi connectivity index (χ2v) is 7.90. The highest BCUT2D eigenvalue weighted by Crippen LogP contribution is 2.34. The summed E-state index contributed by atoms with van der Waals surface area (Å²) in [6, 6.07) is 4.30. The summed E-state index contributed by atoms with van der Waals surface area (Å²) in [7, 11) is 2.03. The average molecular weight is 399 g/mol. The highest BCUT2D eigenvalue weighted by Gasteiger charge is 2.52. The van der Waals surface area contributed by atoms with Crippen LogP contribution in [0.5, 0.6) is 5.75 Å². The molecule has 1 unspecified atom stereocenters. The molecular weight excluding hydrogens is 375 g/mol. The van der Waals surface area contributed by atoms with Gasteiger partial charge in [0.2, 0.25) is 0 Å². The maximum absolute atomic E-state index is 13.0. The minimum Gasteiger partial charge on any atom is -0.406 e. The van der Waals surface area contributed by atoms with Gasteiger partial charge in [-0.3, -0.25) is 4.79 Å². The SMILES string of the molecule is CN1CCCC(CN2C(=O)N(c3ccc(OC(F)(F)F)cc3)C(=O)C2(C)C)C1. The first-order valence-corrected chi connectivity index (χ1v) is 9.19. The van der Waals surface area contributed by atoms with Gasteiger partial charge in [0, 0.05) is 13.1 Å². The predicted molar refractivity (Wildman–Crippen MR) is 97.0 cm³/mol. The van der Waals surface area contributed by atoms with Crippen LogP contribution in [0, 0.1) is 5.92 Å². The summed E-state index contributed by atoms with van der Waals surface area (Å²) in [6.45, 7) is 5.73. The molecule has 0 radical (unpaired) electrons. The van der Waals surface area contributed by atoms with Gasteiger partial charge in [-0.15, -0.1) is 13.2 Å². The first kappa shape index (κ1) is 20.4. The molecule has 154 valence electrons. The fourth-order valence-corrected chi connectivity index (χ4v) is 3.85. The Bertz CT molecular complexity index is 749. The lowest BCUT2D eigenvalue weighted by atomic mass is 9.95. The standard InChI is InChI=1S/C19H24F3N3O3/c1-18(2)16(26)25(14-6-8-15(9-7-14)28-19(20,21)22)17(27)24(18)12-13-5-4-10-23(3)11-13/h6-9,13H,4-5,10-12H2,1-3H3. The molecule has 0 bridgehead atoms. The smallest absolute Gasteiger partial charge is 0.406 e. The van der Waals surface area contributed by atoms with Crippen molar-refractivity contribution in [1.82, 2.24) is 9.80 Å². The van der Waals surface area contributed by atoms with E-state index in [1.165, 1.54) is 12.1 Å². The number of rotatable bonds is 4. The summed E-state index contributed by atoms with van der Waals surface area (Å²) < 4.78 is 40.8. The zero-order valence-electron chi connectivity index (χ0n) is 16.1. The number of halogens is 3. The van der Waals surface area contributed by atoms with Gasteiger partial charge in [-0.1, -0.05) is 0 Å². The van der Waals surface area contributed by atoms with Gasteiger partial charge in [-0.05, 0) is 70.5 Å². The number of hydrogen-bond donors (Lipinski definition) is 0. The third-order valence-electron chi connectivity index (χ3n) is 5.31. The Morgan fingerprint density at radius 2 is 1.82 bits per heavy atom. The van der Waals surface area contributed by atoms with Crippen molar-refractivity contribution in [2.24, 2.45) is 5.92 Å². The molecule has 0 spiro atoms. The highest BCUT2D eigenvalue weighted by atomic mass is 19.4. The number of alkyl halides is 3. The molecule has 6 nitrogen and oxygen atoms in total. The molecule has 0 saturated carbocycles. The molecule has 9 heteroatoms. The quantitative estimate of drug-likeness (QED) is 0.728. The van der Waals surface area contributed by atoms with E-state index in [0.29, 0.717) is 6.54 Å². The number of anilines is 1. The molecule has 2 heterocycles. The van der Waals surface area contributed by atoms with Gasteiger partial charge >= 0.3 is 12.4 Å². The largest absolute Gasteiger partial charge is 0.573 e. The fourth-order valence-electron chi connectivity index (χ4n) is 3.85. The molecule has 1 aromatic rings. The average Bonchev–Trinajstić information content (AvgIpc) is 2.75. The molecule has 1 aromatic carbocycles. The summed E-state index contributed by atoms with van der Waals surface area (Å²) in [4.78, 5) is 30.7. The number of benzene rings is 1. The van der Waals surface area contributed by atoms with Gasteiger partial charge in [0.15, 0.2) is 0 Å². The molecule has 2 fully saturated rings. The number of imide groups is 1. The van der Waals surface area contributed by atoms with Crippen molar-refractivity contribution in [2.45, 2.75) is 38.6 Å². The maximum Gasteiger partial charge on any atom is 0.573 e. The summed E-state index contributed by atoms with van der Waals surface area (Å²) in [5, 5.41) is 0. The maximum atomic E-state index is 13.0. The molecule has 0 aliphatic carbocycles. The summed E-state index contributed by atoms with van der Waals surface area (Å²) >= 11 is 0. The van der Waals surface area contributed by atoms with Crippen LogP contribution in [0.2, 0.25) is 0 Å². The number of amides is 3. The van der Waals surface area contributed by atoms with E-state index >= 15 is 0 Å². The molecule has 1 atom stereocenters. The first-order valence-electron chi connectivity index (χ1n) is 9.19. The number of nitrogens with zero attached hydrogens (tertiary/aromatic N) is 3. The van der Waals surface area contributed by atoms with Gasteiger partial charge in [-0.25, -0.2) is 9.69 Å². The fraction of sp³-hybridized carbons (Fsp3) is 0.579. The van der Waals surface area contributed by atoms with E-state index in [-0.39, 0.29) is 11.6 Å². The van der Waals surface area contributed by atoms with Gasteiger partial charge in [0.1, 0.15) is 11.3 Å². The Hall–Kier alpha value is -2.29. The molecule has 0 N–H and O–H groups in total. The van der Waals surface area contributed by atoms with Crippen LogP contribution in [0.25, 0.3) is 0 Å². The van der Waals surface area contributed by atoms with Crippen LogP contribution in [0.15, 0.2) is 24.3 Å². The summed E-state index contributed by atoms with van der Waals surface area (Å²) in [5.41, 5.74) is -0.797. The zero-order valence-corrected chi connectivity index (χ0v) is 16.1. The van der Waals surface area contributed by atoms with Crippen LogP contribution >= 0.6 is 0 Å². The molecule has 3 amide bonds. The van der Waals surface area contributed by atoms with E-state index in [1.807, 2.05) is 7.05 Å². The molecular formula is C19H24F3N3O3. The van der Waals surface area contributed by atoms with Crippen LogP contribution < -0.4 is 9.64 Å². The number of piperidine rings is 1. The van der Waals surface area contributed by atoms with Crippen molar-refractivity contribution in [1.29, 1.82) is 0 Å². The van der Waals surface area contributed by atoms with Crippen LogP contribution in [-0.4, -0.2) is 60.3 Å². The highest BCUT2D eigenvalue weighted by molar-refractivity contribution is 6.22. The Morgan fingerprint density at radius 1 is 1.18 bits per heavy atom. The predicted octanol–water partition coefficient (Wildman–Crippen LogP) is 3.47. The van der Waals surface area contributed by atoms with Gasteiger partial charge in [0.25, 0.3) is 5.91 Å². The van der Waals surface area contributed by atoms with Crippen molar-refractivity contribution in [2.75, 3.05) is 31.6 Å². The van der Waals surface area contributed by atoms with Crippen molar-refractivity contribution in [3.8, 4) is 5.75 Å². The summed E-state index contributed by atoms with van der Waals surface area (Å²) in [5.74, 6) is -0.528. The normalized spacial score (nSPS) is 23.4. The topological polar surface area (TPSA) is 53.1 Å². The molecule has 28 heavy (non-hydrogen) atoms. The third-order valence-corrected chi connectivity index (χ3v) is 5.31. The Morgan fingerprint density at radius 3 is 2.39 bits per heavy atom. The van der Waals surface area contributed by atoms with Crippen LogP contribution in [0.4, 0.5) is 23.7 Å². The van der Waals surface area contributed by atoms with Crippen molar-refractivity contribution in [3.63, 3.8) is 0 Å². The van der Waals surface area contributed by atoms with E-state index in [1.54, 1.807) is 18.7 Å². The minimum absolute atomic E-state index is 0.223. The number of carbonyl (C=O) groups is 2. The second kappa shape index (κ2) is 7.27. The lowest BCUT2D eigenvalue weighted by Gasteiger charge is -2.35. The van der Waals surface area contributed by atoms with Crippen molar-refractivity contribution < 1.29 is 27.5 Å². The Labute approximate surface area is 161 Å². The lowest BCUT2D eigenvalue weighted by Crippen LogP contribution is -2.48. The van der Waals surface area contributed by atoms with Crippen molar-refractivity contribution in [3.05, 3.63) is 24.3 Å². The number of likely N-dealkylation sites (tertiary alicyclic amines) is 1. The Balaban J connectivity index is 1.79. The van der Waals surface area contributed by atoms with Gasteiger partial charge in [-0.2, -0.15) is 0 Å². The molecule has 3 rings (SSSR count). The number of ether oxygens (including phenoxy) is 1. The number of hydrogen-bond acceptors (Lipinski definition) is 4. The molecule has 2 saturated heterocycles. The zero-order chi connectivity index (χ0) is 20.7. The molecule has 2 aliphatic rings. The minimum atomic E-state index is -4.80. The van der Waals surface area contributed by atoms with E-state index in [0.717, 1.165) is 43.0 Å². The van der Waals surface area contributed by atoms with Gasteiger partial charge < -0.3 is 14.5 Å². The van der Waals surface area contributed by atoms with E-state index in [4.69, 9.17) is 0 Å². The van der Waals surface area contributed by atoms with Crippen LogP contribution in [0.3, 0.4) is 0 Å². The lowest BCUT2D eigenvalue weighted by molar-refractivity contribution is -0.274. The third kappa shape index (κ3) is 4.09. The van der Waals surface area contributed by atoms with Gasteiger partial charge in [0.05, 0.1) is 5.69 Å². The molecule has 2 aliphatic heterocycles. The van der Waals surface area contributed by atoms with Crippen molar-refractivity contribution >= 4 is 17.6 Å². The number of urea groups is 1. The molecule has 0 aromatic heterocycles. The summed E-state index contributed by atoms with van der Waals surface area (Å²) in [6.07, 6.45) is -2.77. The number of carbonyl (C=O) groups excluding carboxylic acids is 2. The second-order valence-electron chi connectivity index (χ2n) is 7.90. The van der Waals surface area contributed by atoms with Crippen LogP contribution in [0.1, 0.15) is 26.7 Å². The van der Waals surface area contributed by atoms with E-state index in [2.05, 4.69) is 9.64 Å². The monoisotopic (exact) mass is 399 g/mol. The Kier molecular flexibility index (Phi) is 5.31. The van der Waals surface area contributed by atoms with E-state index in [9.17, 15) is 22.8 Å². The first-order chi connectivity index (χ1) is 13.0. The van der Waals surface area contributed by atoms with Crippen LogP contribution in [-0.2, 0) is 4.79 Å². The van der Waals surface area contributed by atoms with E-state index < -0.39 is 29.6 Å².